The zero-order chi connectivity index (χ0) is 16.1. The molecule has 114 valence electrons. The Labute approximate surface area is 127 Å². The first-order valence-corrected chi connectivity index (χ1v) is 8.53. The smallest absolute Gasteiger partial charge is 0.274 e. The van der Waals surface area contributed by atoms with Crippen LogP contribution in [0.3, 0.4) is 0 Å². The van der Waals surface area contributed by atoms with Crippen molar-refractivity contribution in [1.29, 1.82) is 0 Å². The Kier molecular flexibility index (Phi) is 3.17. The number of sulfone groups is 1. The molecule has 0 aliphatic heterocycles. The van der Waals surface area contributed by atoms with Gasteiger partial charge in [-0.25, -0.2) is 13.4 Å². The van der Waals surface area contributed by atoms with Gasteiger partial charge in [-0.15, -0.1) is 0 Å². The van der Waals surface area contributed by atoms with Gasteiger partial charge in [-0.05, 0) is 24.6 Å². The van der Waals surface area contributed by atoms with Crippen molar-refractivity contribution in [2.24, 2.45) is 7.05 Å². The number of aryl methyl sites for hydroxylation is 2. The monoisotopic (exact) mass is 317 g/mol. The summed E-state index contributed by atoms with van der Waals surface area (Å²) in [5, 5.41) is 0.779. The minimum absolute atomic E-state index is 0.0579. The van der Waals surface area contributed by atoms with Crippen LogP contribution in [0.2, 0.25) is 0 Å². The van der Waals surface area contributed by atoms with Crippen LogP contribution in [-0.2, 0) is 16.9 Å². The summed E-state index contributed by atoms with van der Waals surface area (Å²) in [5.74, 6) is 0. The van der Waals surface area contributed by atoms with E-state index in [-0.39, 0.29) is 10.6 Å². The number of hydrogen-bond acceptors (Lipinski definition) is 4. The van der Waals surface area contributed by atoms with Crippen molar-refractivity contribution >= 4 is 20.7 Å². The Hall–Kier alpha value is -2.41. The fraction of sp³-hybridized carbons (Fsp3) is 0.200. The van der Waals surface area contributed by atoms with Crippen LogP contribution in [0.25, 0.3) is 22.2 Å². The van der Waals surface area contributed by atoms with Gasteiger partial charge in [-0.1, -0.05) is 6.07 Å². The molecule has 3 aromatic heterocycles. The molecule has 0 radical (unpaired) electrons. The maximum atomic E-state index is 12.1. The van der Waals surface area contributed by atoms with Gasteiger partial charge in [0.25, 0.3) is 5.56 Å². The molecule has 0 spiro atoms. The molecular weight excluding hydrogens is 302 g/mol. The maximum Gasteiger partial charge on any atom is 0.274 e. The number of fused-ring (bicyclic) bond motifs is 1. The van der Waals surface area contributed by atoms with Crippen molar-refractivity contribution in [2.75, 3.05) is 6.26 Å². The molecule has 1 N–H and O–H groups in total. The van der Waals surface area contributed by atoms with Crippen molar-refractivity contribution < 1.29 is 8.42 Å². The number of pyridine rings is 2. The van der Waals surface area contributed by atoms with E-state index >= 15 is 0 Å². The average molecular weight is 317 g/mol. The number of H-pyrrole nitrogens is 1. The molecule has 0 fully saturated rings. The van der Waals surface area contributed by atoms with Gasteiger partial charge in [0.2, 0.25) is 0 Å². The molecule has 0 aliphatic carbocycles. The second kappa shape index (κ2) is 4.81. The molecular formula is C15H15N3O3S. The summed E-state index contributed by atoms with van der Waals surface area (Å²) in [6.45, 7) is 1.71. The molecule has 0 saturated carbocycles. The molecule has 3 aromatic rings. The van der Waals surface area contributed by atoms with E-state index in [1.165, 1.54) is 4.57 Å². The minimum Gasteiger partial charge on any atom is -0.357 e. The highest BCUT2D eigenvalue weighted by Crippen LogP contribution is 2.26. The molecule has 3 heterocycles. The Morgan fingerprint density at radius 1 is 1.23 bits per heavy atom. The Balaban J connectivity index is 2.36. The summed E-state index contributed by atoms with van der Waals surface area (Å²) in [5.41, 5.74) is 2.17. The standard InChI is InChI=1S/C15H15N3O3S/c1-9-4-5-12(17-14(9)22(3,20)21)11-8-18(2)15(19)13-10(11)6-7-16-13/h4-8,16H,1-3H3. The van der Waals surface area contributed by atoms with Crippen molar-refractivity contribution in [3.05, 3.63) is 46.5 Å². The van der Waals surface area contributed by atoms with Crippen LogP contribution in [0.15, 0.2) is 40.4 Å². The second-order valence-electron chi connectivity index (χ2n) is 5.32. The van der Waals surface area contributed by atoms with Crippen LogP contribution in [0.5, 0.6) is 0 Å². The predicted octanol–water partition coefficient (Wildman–Crippen LogP) is 1.64. The van der Waals surface area contributed by atoms with Crippen molar-refractivity contribution in [3.8, 4) is 11.3 Å². The minimum atomic E-state index is -3.41. The largest absolute Gasteiger partial charge is 0.357 e. The zero-order valence-electron chi connectivity index (χ0n) is 12.4. The number of rotatable bonds is 2. The summed E-state index contributed by atoms with van der Waals surface area (Å²) in [6, 6.07) is 5.27. The molecule has 0 aliphatic rings. The lowest BCUT2D eigenvalue weighted by molar-refractivity contribution is 0.597. The Morgan fingerprint density at radius 2 is 1.95 bits per heavy atom. The lowest BCUT2D eigenvalue weighted by atomic mass is 10.1. The van der Waals surface area contributed by atoms with Crippen molar-refractivity contribution in [2.45, 2.75) is 11.9 Å². The van der Waals surface area contributed by atoms with Gasteiger partial charge in [0.1, 0.15) is 5.52 Å². The van der Waals surface area contributed by atoms with E-state index < -0.39 is 9.84 Å². The van der Waals surface area contributed by atoms with Crippen LogP contribution in [0.1, 0.15) is 5.56 Å². The number of hydrogen-bond donors (Lipinski definition) is 1. The van der Waals surface area contributed by atoms with E-state index in [9.17, 15) is 13.2 Å². The molecule has 6 nitrogen and oxygen atoms in total. The van der Waals surface area contributed by atoms with Gasteiger partial charge in [-0.2, -0.15) is 0 Å². The first kappa shape index (κ1) is 14.5. The Morgan fingerprint density at radius 3 is 2.64 bits per heavy atom. The molecule has 0 unspecified atom stereocenters. The van der Waals surface area contributed by atoms with Gasteiger partial charge in [0.15, 0.2) is 14.9 Å². The fourth-order valence-electron chi connectivity index (χ4n) is 2.51. The lowest BCUT2D eigenvalue weighted by Crippen LogP contribution is -2.16. The first-order valence-electron chi connectivity index (χ1n) is 6.64. The quantitative estimate of drug-likeness (QED) is 0.778. The van der Waals surface area contributed by atoms with Crippen LogP contribution in [-0.4, -0.2) is 29.2 Å². The normalized spacial score (nSPS) is 12.0. The van der Waals surface area contributed by atoms with Gasteiger partial charge in [0.05, 0.1) is 5.69 Å². The van der Waals surface area contributed by atoms with Crippen molar-refractivity contribution in [1.82, 2.24) is 14.5 Å². The van der Waals surface area contributed by atoms with Gasteiger partial charge < -0.3 is 9.55 Å². The number of aromatic nitrogens is 3. The van der Waals surface area contributed by atoms with Crippen LogP contribution < -0.4 is 5.56 Å². The lowest BCUT2D eigenvalue weighted by Gasteiger charge is -2.09. The molecule has 0 atom stereocenters. The average Bonchev–Trinajstić information content (AvgIpc) is 2.92. The maximum absolute atomic E-state index is 12.1. The predicted molar refractivity (Wildman–Crippen MR) is 84.6 cm³/mol. The summed E-state index contributed by atoms with van der Waals surface area (Å²) in [7, 11) is -1.76. The third-order valence-electron chi connectivity index (χ3n) is 3.57. The van der Waals surface area contributed by atoms with E-state index in [1.54, 1.807) is 44.6 Å². The molecule has 0 amide bonds. The van der Waals surface area contributed by atoms with E-state index in [2.05, 4.69) is 9.97 Å². The molecule has 0 aromatic carbocycles. The molecule has 0 bridgehead atoms. The van der Waals surface area contributed by atoms with Crippen LogP contribution in [0.4, 0.5) is 0 Å². The third kappa shape index (κ3) is 2.23. The Bertz CT molecular complexity index is 1050. The van der Waals surface area contributed by atoms with Gasteiger partial charge in [0, 0.05) is 36.6 Å². The third-order valence-corrected chi connectivity index (χ3v) is 4.69. The molecule has 3 rings (SSSR count). The first-order chi connectivity index (χ1) is 10.3. The highest BCUT2D eigenvalue weighted by atomic mass is 32.2. The van der Waals surface area contributed by atoms with Crippen LogP contribution >= 0.6 is 0 Å². The van der Waals surface area contributed by atoms with E-state index in [0.717, 1.165) is 11.6 Å². The highest BCUT2D eigenvalue weighted by molar-refractivity contribution is 7.90. The summed E-state index contributed by atoms with van der Waals surface area (Å²) in [6.07, 6.45) is 4.49. The fourth-order valence-corrected chi connectivity index (χ4v) is 3.43. The number of nitrogens with zero attached hydrogens (tertiary/aromatic N) is 2. The second-order valence-corrected chi connectivity index (χ2v) is 7.25. The van der Waals surface area contributed by atoms with Crippen LogP contribution in [0, 0.1) is 6.92 Å². The van der Waals surface area contributed by atoms with Crippen molar-refractivity contribution in [3.63, 3.8) is 0 Å². The number of nitrogens with one attached hydrogen (secondary N) is 1. The summed E-state index contributed by atoms with van der Waals surface area (Å²) >= 11 is 0. The highest BCUT2D eigenvalue weighted by Gasteiger charge is 2.16. The van der Waals surface area contributed by atoms with E-state index in [1.807, 2.05) is 0 Å². The van der Waals surface area contributed by atoms with Gasteiger partial charge in [-0.3, -0.25) is 4.79 Å². The molecule has 22 heavy (non-hydrogen) atoms. The van der Waals surface area contributed by atoms with E-state index in [4.69, 9.17) is 0 Å². The summed E-state index contributed by atoms with van der Waals surface area (Å²) in [4.78, 5) is 19.3. The molecule has 0 saturated heterocycles. The van der Waals surface area contributed by atoms with E-state index in [0.29, 0.717) is 22.3 Å². The topological polar surface area (TPSA) is 84.8 Å². The summed E-state index contributed by atoms with van der Waals surface area (Å²) < 4.78 is 25.2. The van der Waals surface area contributed by atoms with Gasteiger partial charge >= 0.3 is 0 Å². The SMILES string of the molecule is Cc1ccc(-c2cn(C)c(=O)c3[nH]ccc23)nc1S(C)(=O)=O. The number of aromatic amines is 1. The molecule has 7 heteroatoms. The zero-order valence-corrected chi connectivity index (χ0v) is 13.2.